The zero-order valence-electron chi connectivity index (χ0n) is 55.0. The van der Waals surface area contributed by atoms with Crippen molar-refractivity contribution in [3.63, 3.8) is 0 Å². The number of carbonyl (C=O) groups excluding carboxylic acids is 3. The molecule has 0 aromatic heterocycles. The highest BCUT2D eigenvalue weighted by atomic mass is 16.6. The minimum Gasteiger partial charge on any atom is -0.462 e. The van der Waals surface area contributed by atoms with Crippen molar-refractivity contribution in [3.05, 3.63) is 60.8 Å². The smallest absolute Gasteiger partial charge is 0.306 e. The van der Waals surface area contributed by atoms with Crippen LogP contribution in [0.25, 0.3) is 0 Å². The second-order valence-electron chi connectivity index (χ2n) is 24.5. The summed E-state index contributed by atoms with van der Waals surface area (Å²) >= 11 is 0. The fourth-order valence-corrected chi connectivity index (χ4v) is 10.9. The van der Waals surface area contributed by atoms with Crippen LogP contribution in [0.3, 0.4) is 0 Å². The van der Waals surface area contributed by atoms with Crippen molar-refractivity contribution in [3.8, 4) is 0 Å². The minimum atomic E-state index is -0.769. The van der Waals surface area contributed by atoms with Crippen molar-refractivity contribution < 1.29 is 28.6 Å². The first-order valence-corrected chi connectivity index (χ1v) is 36.3. The molecule has 0 amide bonds. The van der Waals surface area contributed by atoms with E-state index in [1.807, 2.05) is 0 Å². The van der Waals surface area contributed by atoms with E-state index in [-0.39, 0.29) is 31.1 Å². The van der Waals surface area contributed by atoms with Crippen LogP contribution >= 0.6 is 0 Å². The van der Waals surface area contributed by atoms with Gasteiger partial charge in [-0.2, -0.15) is 0 Å². The molecule has 82 heavy (non-hydrogen) atoms. The zero-order chi connectivity index (χ0) is 59.2. The highest BCUT2D eigenvalue weighted by Crippen LogP contribution is 2.19. The molecule has 6 heteroatoms. The SMILES string of the molecule is CC/C=C\C/C=C\C/C=C\C/C=C\C/C=C\CCCCCCCCCCCCCCCCCCCC(=O)OCC(COC(=O)CCCCCCCCCCCCCCCC)OC(=O)CCCCCCCCCCCCCCCCCCC. The van der Waals surface area contributed by atoms with E-state index < -0.39 is 6.10 Å². The highest BCUT2D eigenvalue weighted by molar-refractivity contribution is 5.71. The number of hydrogen-bond acceptors (Lipinski definition) is 6. The van der Waals surface area contributed by atoms with Crippen molar-refractivity contribution in [1.82, 2.24) is 0 Å². The van der Waals surface area contributed by atoms with Gasteiger partial charge in [0.25, 0.3) is 0 Å². The van der Waals surface area contributed by atoms with Crippen LogP contribution in [0, 0.1) is 0 Å². The van der Waals surface area contributed by atoms with Gasteiger partial charge in [0.15, 0.2) is 6.10 Å². The fourth-order valence-electron chi connectivity index (χ4n) is 10.9. The van der Waals surface area contributed by atoms with Crippen LogP contribution in [0.4, 0.5) is 0 Å². The number of ether oxygens (including phenoxy) is 3. The topological polar surface area (TPSA) is 78.9 Å². The van der Waals surface area contributed by atoms with Crippen LogP contribution in [-0.2, 0) is 28.6 Å². The zero-order valence-corrected chi connectivity index (χ0v) is 55.0. The number of hydrogen-bond donors (Lipinski definition) is 0. The molecule has 0 saturated carbocycles. The maximum absolute atomic E-state index is 12.9. The number of allylic oxidation sites excluding steroid dienone is 10. The highest BCUT2D eigenvalue weighted by Gasteiger charge is 2.19. The van der Waals surface area contributed by atoms with Gasteiger partial charge < -0.3 is 14.2 Å². The molecule has 0 N–H and O–H groups in total. The van der Waals surface area contributed by atoms with Crippen molar-refractivity contribution in [2.45, 2.75) is 393 Å². The molecule has 0 aromatic carbocycles. The van der Waals surface area contributed by atoms with Crippen LogP contribution in [0.2, 0.25) is 0 Å². The van der Waals surface area contributed by atoms with E-state index in [1.165, 1.54) is 257 Å². The third-order valence-corrected chi connectivity index (χ3v) is 16.3. The van der Waals surface area contributed by atoms with E-state index in [1.54, 1.807) is 0 Å². The summed E-state index contributed by atoms with van der Waals surface area (Å²) in [6, 6.07) is 0. The quantitative estimate of drug-likeness (QED) is 0.0261. The Bertz CT molecular complexity index is 1460. The first kappa shape index (κ1) is 79.1. The van der Waals surface area contributed by atoms with E-state index in [0.29, 0.717) is 19.3 Å². The summed E-state index contributed by atoms with van der Waals surface area (Å²) in [5.74, 6) is -0.835. The summed E-state index contributed by atoms with van der Waals surface area (Å²) < 4.78 is 17.0. The molecule has 6 nitrogen and oxygen atoms in total. The van der Waals surface area contributed by atoms with Gasteiger partial charge in [0.2, 0.25) is 0 Å². The number of unbranched alkanes of at least 4 members (excludes halogenated alkanes) is 46. The molecule has 0 aliphatic rings. The molecular formula is C76H138O6. The summed E-state index contributed by atoms with van der Waals surface area (Å²) in [5, 5.41) is 0. The van der Waals surface area contributed by atoms with Crippen LogP contribution in [0.1, 0.15) is 387 Å². The van der Waals surface area contributed by atoms with Gasteiger partial charge in [-0.3, -0.25) is 14.4 Å². The first-order valence-electron chi connectivity index (χ1n) is 36.3. The third-order valence-electron chi connectivity index (χ3n) is 16.3. The Labute approximate surface area is 510 Å². The Morgan fingerprint density at radius 3 is 0.744 bits per heavy atom. The lowest BCUT2D eigenvalue weighted by Crippen LogP contribution is -2.30. The molecule has 1 atom stereocenters. The second kappa shape index (κ2) is 70.6. The normalized spacial score (nSPS) is 12.4. The predicted octanol–water partition coefficient (Wildman–Crippen LogP) is 25.1. The Hall–Kier alpha value is -2.89. The molecule has 0 aliphatic heterocycles. The summed E-state index contributed by atoms with van der Waals surface area (Å²) in [7, 11) is 0. The van der Waals surface area contributed by atoms with Gasteiger partial charge >= 0.3 is 17.9 Å². The average Bonchev–Trinajstić information content (AvgIpc) is 3.47. The number of esters is 3. The molecule has 0 heterocycles. The van der Waals surface area contributed by atoms with Gasteiger partial charge in [-0.1, -0.05) is 364 Å². The molecule has 0 fully saturated rings. The van der Waals surface area contributed by atoms with Gasteiger partial charge in [0.05, 0.1) is 0 Å². The van der Waals surface area contributed by atoms with E-state index in [0.717, 1.165) is 89.9 Å². The van der Waals surface area contributed by atoms with E-state index in [4.69, 9.17) is 14.2 Å². The maximum Gasteiger partial charge on any atom is 0.306 e. The minimum absolute atomic E-state index is 0.0657. The van der Waals surface area contributed by atoms with Crippen LogP contribution in [0.5, 0.6) is 0 Å². The van der Waals surface area contributed by atoms with Gasteiger partial charge in [-0.25, -0.2) is 0 Å². The molecule has 0 aromatic rings. The Kier molecular flexibility index (Phi) is 68.1. The molecular weight excluding hydrogens is 1010 g/mol. The average molecular weight is 1150 g/mol. The first-order chi connectivity index (χ1) is 40.5. The monoisotopic (exact) mass is 1150 g/mol. The van der Waals surface area contributed by atoms with E-state index >= 15 is 0 Å². The van der Waals surface area contributed by atoms with Crippen molar-refractivity contribution in [1.29, 1.82) is 0 Å². The molecule has 0 rings (SSSR count). The second-order valence-corrected chi connectivity index (χ2v) is 24.5. The van der Waals surface area contributed by atoms with Gasteiger partial charge in [0.1, 0.15) is 13.2 Å². The molecule has 0 saturated heterocycles. The van der Waals surface area contributed by atoms with Crippen LogP contribution in [0.15, 0.2) is 60.8 Å². The molecule has 1 unspecified atom stereocenters. The van der Waals surface area contributed by atoms with Crippen molar-refractivity contribution >= 4 is 17.9 Å². The van der Waals surface area contributed by atoms with Crippen molar-refractivity contribution in [2.24, 2.45) is 0 Å². The van der Waals surface area contributed by atoms with Crippen molar-refractivity contribution in [2.75, 3.05) is 13.2 Å². The lowest BCUT2D eigenvalue weighted by molar-refractivity contribution is -0.167. The molecule has 0 bridgehead atoms. The van der Waals surface area contributed by atoms with Gasteiger partial charge in [0, 0.05) is 19.3 Å². The lowest BCUT2D eigenvalue weighted by Gasteiger charge is -2.18. The van der Waals surface area contributed by atoms with Gasteiger partial charge in [-0.05, 0) is 64.2 Å². The molecule has 0 radical (unpaired) electrons. The molecule has 0 aliphatic carbocycles. The largest absolute Gasteiger partial charge is 0.462 e. The summed E-state index contributed by atoms with van der Waals surface area (Å²) in [4.78, 5) is 38.4. The Morgan fingerprint density at radius 2 is 0.476 bits per heavy atom. The lowest BCUT2D eigenvalue weighted by atomic mass is 10.0. The predicted molar refractivity (Wildman–Crippen MR) is 358 cm³/mol. The molecule has 478 valence electrons. The Balaban J connectivity index is 4.15. The fraction of sp³-hybridized carbons (Fsp3) is 0.829. The molecule has 0 spiro atoms. The van der Waals surface area contributed by atoms with E-state index in [2.05, 4.69) is 81.5 Å². The standard InChI is InChI=1S/C76H138O6/c1-4-7-10-13-16-19-22-25-28-30-31-32-33-34-35-36-37-38-39-40-41-42-43-44-45-47-48-51-54-57-60-63-66-69-75(78)81-72-73(71-80-74(77)68-65-62-59-56-53-50-27-24-21-18-15-12-9-6-3)82-76(79)70-67-64-61-58-55-52-49-46-29-26-23-20-17-14-11-8-5-2/h7,10,16,19,25,28,31-32,34-35,73H,4-6,8-9,11-15,17-18,20-24,26-27,29-30,33,36-72H2,1-3H3/b10-7-,19-16-,28-25-,32-31-,35-34-. The number of carbonyl (C=O) groups is 3. The Morgan fingerprint density at radius 1 is 0.256 bits per heavy atom. The van der Waals surface area contributed by atoms with E-state index in [9.17, 15) is 14.4 Å². The summed E-state index contributed by atoms with van der Waals surface area (Å²) in [5.41, 5.74) is 0. The van der Waals surface area contributed by atoms with Crippen LogP contribution in [-0.4, -0.2) is 37.2 Å². The van der Waals surface area contributed by atoms with Crippen LogP contribution < -0.4 is 0 Å². The van der Waals surface area contributed by atoms with Gasteiger partial charge in [-0.15, -0.1) is 0 Å². The number of rotatable bonds is 67. The summed E-state index contributed by atoms with van der Waals surface area (Å²) in [6.07, 6.45) is 91.1. The third kappa shape index (κ3) is 67.9. The maximum atomic E-state index is 12.9. The summed E-state index contributed by atoms with van der Waals surface area (Å²) in [6.45, 7) is 6.60.